The summed E-state index contributed by atoms with van der Waals surface area (Å²) < 4.78 is 1.85. The summed E-state index contributed by atoms with van der Waals surface area (Å²) in [5.74, 6) is 0.430. The monoisotopic (exact) mass is 200 g/mol. The molecule has 0 spiro atoms. The van der Waals surface area contributed by atoms with Crippen LogP contribution in [0, 0.1) is 0 Å². The third kappa shape index (κ3) is 1.06. The lowest BCUT2D eigenvalue weighted by Crippen LogP contribution is -2.16. The van der Waals surface area contributed by atoms with Gasteiger partial charge in [0, 0.05) is 6.20 Å². The molecule has 5 nitrogen and oxygen atoms in total. The number of rotatable bonds is 1. The summed E-state index contributed by atoms with van der Waals surface area (Å²) in [7, 11) is 0. The summed E-state index contributed by atoms with van der Waals surface area (Å²) in [5, 5.41) is 3.22. The van der Waals surface area contributed by atoms with Gasteiger partial charge in [-0.2, -0.15) is 0 Å². The number of anilines is 1. The third-order valence-electron chi connectivity index (χ3n) is 2.47. The van der Waals surface area contributed by atoms with Crippen molar-refractivity contribution in [2.24, 2.45) is 0 Å². The minimum Gasteiger partial charge on any atom is -0.376 e. The number of aldehydes is 1. The molecule has 0 aliphatic carbocycles. The van der Waals surface area contributed by atoms with E-state index in [-0.39, 0.29) is 0 Å². The number of hydrogen-bond acceptors (Lipinski definition) is 4. The second-order valence-electron chi connectivity index (χ2n) is 3.31. The molecule has 15 heavy (non-hydrogen) atoms. The molecular formula is C10H8N4O. The Labute approximate surface area is 85.8 Å². The van der Waals surface area contributed by atoms with Crippen LogP contribution in [0.1, 0.15) is 16.3 Å². The van der Waals surface area contributed by atoms with Gasteiger partial charge in [-0.1, -0.05) is 0 Å². The second-order valence-corrected chi connectivity index (χ2v) is 3.31. The van der Waals surface area contributed by atoms with Gasteiger partial charge in [-0.3, -0.25) is 14.3 Å². The highest BCUT2D eigenvalue weighted by atomic mass is 16.1. The zero-order valence-electron chi connectivity index (χ0n) is 7.84. The molecule has 1 aliphatic heterocycles. The molecular weight excluding hydrogens is 192 g/mol. The van der Waals surface area contributed by atoms with E-state index in [0.717, 1.165) is 23.4 Å². The van der Waals surface area contributed by atoms with Crippen LogP contribution in [0.5, 0.6) is 0 Å². The Morgan fingerprint density at radius 2 is 2.40 bits per heavy atom. The van der Waals surface area contributed by atoms with Crippen LogP contribution < -0.4 is 5.32 Å². The molecule has 0 radical (unpaired) electrons. The summed E-state index contributed by atoms with van der Waals surface area (Å²) in [6.07, 6.45) is 5.91. The van der Waals surface area contributed by atoms with E-state index in [0.29, 0.717) is 12.4 Å². The lowest BCUT2D eigenvalue weighted by molar-refractivity contribution is 0.111. The normalized spacial score (nSPS) is 12.5. The molecule has 0 saturated carbocycles. The number of carbonyl (C=O) groups is 1. The maximum absolute atomic E-state index is 10.8. The molecule has 5 heteroatoms. The van der Waals surface area contributed by atoms with Crippen LogP contribution in [0.4, 0.5) is 5.69 Å². The molecule has 0 fully saturated rings. The first-order valence-corrected chi connectivity index (χ1v) is 4.60. The van der Waals surface area contributed by atoms with E-state index >= 15 is 0 Å². The Morgan fingerprint density at radius 3 is 3.27 bits per heavy atom. The second kappa shape index (κ2) is 2.91. The Kier molecular flexibility index (Phi) is 1.58. The SMILES string of the molecule is O=Cc1ncc2n1-c1ccncc1NC2. The molecule has 2 aromatic heterocycles. The first-order valence-electron chi connectivity index (χ1n) is 4.60. The largest absolute Gasteiger partial charge is 0.376 e. The van der Waals surface area contributed by atoms with Gasteiger partial charge in [0.25, 0.3) is 0 Å². The molecule has 0 atom stereocenters. The minimum absolute atomic E-state index is 0.430. The molecule has 74 valence electrons. The van der Waals surface area contributed by atoms with Gasteiger partial charge in [-0.05, 0) is 6.07 Å². The van der Waals surface area contributed by atoms with Crippen LogP contribution in [0.25, 0.3) is 5.69 Å². The number of hydrogen-bond donors (Lipinski definition) is 1. The van der Waals surface area contributed by atoms with E-state index in [2.05, 4.69) is 15.3 Å². The summed E-state index contributed by atoms with van der Waals surface area (Å²) in [6, 6.07) is 1.86. The van der Waals surface area contributed by atoms with Crippen molar-refractivity contribution in [1.82, 2.24) is 14.5 Å². The Hall–Kier alpha value is -2.17. The maximum Gasteiger partial charge on any atom is 0.185 e. The lowest BCUT2D eigenvalue weighted by atomic mass is 10.2. The van der Waals surface area contributed by atoms with Crippen LogP contribution in [0.2, 0.25) is 0 Å². The van der Waals surface area contributed by atoms with Crippen molar-refractivity contribution in [3.63, 3.8) is 0 Å². The van der Waals surface area contributed by atoms with Crippen molar-refractivity contribution in [3.8, 4) is 5.69 Å². The van der Waals surface area contributed by atoms with Crippen molar-refractivity contribution < 1.29 is 4.79 Å². The fourth-order valence-electron chi connectivity index (χ4n) is 1.79. The zero-order valence-corrected chi connectivity index (χ0v) is 7.84. The fourth-order valence-corrected chi connectivity index (χ4v) is 1.79. The first-order chi connectivity index (χ1) is 7.40. The first kappa shape index (κ1) is 8.16. The fraction of sp³-hybridized carbons (Fsp3) is 0.100. The smallest absolute Gasteiger partial charge is 0.185 e. The van der Waals surface area contributed by atoms with Crippen molar-refractivity contribution in [3.05, 3.63) is 36.2 Å². The molecule has 0 aromatic carbocycles. The maximum atomic E-state index is 10.8. The highest BCUT2D eigenvalue weighted by Crippen LogP contribution is 2.26. The van der Waals surface area contributed by atoms with Crippen molar-refractivity contribution in [2.75, 3.05) is 5.32 Å². The van der Waals surface area contributed by atoms with Crippen molar-refractivity contribution >= 4 is 12.0 Å². The number of nitrogens with one attached hydrogen (secondary N) is 1. The van der Waals surface area contributed by atoms with Gasteiger partial charge in [-0.15, -0.1) is 0 Å². The van der Waals surface area contributed by atoms with Crippen LogP contribution in [0.15, 0.2) is 24.7 Å². The zero-order chi connectivity index (χ0) is 10.3. The summed E-state index contributed by atoms with van der Waals surface area (Å²) in [4.78, 5) is 18.9. The number of pyridine rings is 1. The predicted octanol–water partition coefficient (Wildman–Crippen LogP) is 1.01. The van der Waals surface area contributed by atoms with E-state index in [9.17, 15) is 4.79 Å². The Balaban J connectivity index is 2.31. The topological polar surface area (TPSA) is 59.8 Å². The number of carbonyl (C=O) groups excluding carboxylic acids is 1. The van der Waals surface area contributed by atoms with Crippen LogP contribution >= 0.6 is 0 Å². The number of nitrogens with zero attached hydrogens (tertiary/aromatic N) is 3. The summed E-state index contributed by atoms with van der Waals surface area (Å²) >= 11 is 0. The molecule has 2 aromatic rings. The standard InChI is InChI=1S/C10H8N4O/c15-6-10-13-4-7-3-12-8-5-11-2-1-9(8)14(7)10/h1-2,4-6,12H,3H2. The minimum atomic E-state index is 0.430. The molecule has 1 N–H and O–H groups in total. The van der Waals surface area contributed by atoms with Gasteiger partial charge in [-0.25, -0.2) is 4.98 Å². The molecule has 1 aliphatic rings. The van der Waals surface area contributed by atoms with Crippen molar-refractivity contribution in [1.29, 1.82) is 0 Å². The van der Waals surface area contributed by atoms with Gasteiger partial charge in [0.05, 0.1) is 36.0 Å². The number of imidazole rings is 1. The van der Waals surface area contributed by atoms with Gasteiger partial charge >= 0.3 is 0 Å². The van der Waals surface area contributed by atoms with E-state index in [1.807, 2.05) is 10.6 Å². The van der Waals surface area contributed by atoms with Gasteiger partial charge in [0.1, 0.15) is 0 Å². The predicted molar refractivity (Wildman–Crippen MR) is 54.1 cm³/mol. The highest BCUT2D eigenvalue weighted by molar-refractivity contribution is 5.74. The van der Waals surface area contributed by atoms with Crippen molar-refractivity contribution in [2.45, 2.75) is 6.54 Å². The Morgan fingerprint density at radius 1 is 1.47 bits per heavy atom. The molecule has 3 rings (SSSR count). The Bertz CT molecular complexity index is 532. The van der Waals surface area contributed by atoms with Gasteiger partial charge in [0.2, 0.25) is 0 Å². The van der Waals surface area contributed by atoms with Gasteiger partial charge < -0.3 is 5.32 Å². The molecule has 0 saturated heterocycles. The van der Waals surface area contributed by atoms with Crippen LogP contribution in [0.3, 0.4) is 0 Å². The molecule has 0 unspecified atom stereocenters. The molecule has 0 bridgehead atoms. The number of fused-ring (bicyclic) bond motifs is 3. The lowest BCUT2D eigenvalue weighted by Gasteiger charge is -2.20. The van der Waals surface area contributed by atoms with E-state index < -0.39 is 0 Å². The van der Waals surface area contributed by atoms with Crippen LogP contribution in [-0.2, 0) is 6.54 Å². The average Bonchev–Trinajstić information content (AvgIpc) is 2.72. The molecule has 3 heterocycles. The van der Waals surface area contributed by atoms with E-state index in [4.69, 9.17) is 0 Å². The highest BCUT2D eigenvalue weighted by Gasteiger charge is 2.18. The van der Waals surface area contributed by atoms with Crippen LogP contribution in [-0.4, -0.2) is 20.8 Å². The number of aromatic nitrogens is 3. The molecule has 0 amide bonds. The average molecular weight is 200 g/mol. The van der Waals surface area contributed by atoms with E-state index in [1.165, 1.54) is 0 Å². The summed E-state index contributed by atoms with van der Waals surface area (Å²) in [6.45, 7) is 0.666. The third-order valence-corrected chi connectivity index (χ3v) is 2.47. The van der Waals surface area contributed by atoms with E-state index in [1.54, 1.807) is 18.6 Å². The summed E-state index contributed by atoms with van der Waals surface area (Å²) in [5.41, 5.74) is 2.83. The van der Waals surface area contributed by atoms with Gasteiger partial charge in [0.15, 0.2) is 12.1 Å². The quantitative estimate of drug-likeness (QED) is 0.698.